The molecule has 1 aromatic rings. The van der Waals surface area contributed by atoms with Gasteiger partial charge in [0.2, 0.25) is 0 Å². The van der Waals surface area contributed by atoms with Crippen LogP contribution in [0.3, 0.4) is 0 Å². The molecule has 0 aliphatic carbocycles. The third-order valence-corrected chi connectivity index (χ3v) is 4.48. The maximum atomic E-state index is 5.86. The Morgan fingerprint density at radius 3 is 3.00 bits per heavy atom. The third-order valence-electron chi connectivity index (χ3n) is 3.39. The molecule has 2 rings (SSSR count). The monoisotopic (exact) mass is 236 g/mol. The SMILES string of the molecule is Cc1cccc(N2CCSCC2CN)c1C. The molecule has 0 aromatic heterocycles. The lowest BCUT2D eigenvalue weighted by Crippen LogP contribution is -2.47. The van der Waals surface area contributed by atoms with E-state index in [1.54, 1.807) is 0 Å². The predicted octanol–water partition coefficient (Wildman–Crippen LogP) is 2.18. The fourth-order valence-corrected chi connectivity index (χ4v) is 3.29. The first kappa shape index (κ1) is 11.8. The van der Waals surface area contributed by atoms with Crippen LogP contribution in [0.25, 0.3) is 0 Å². The number of nitrogens with zero attached hydrogens (tertiary/aromatic N) is 1. The highest BCUT2D eigenvalue weighted by molar-refractivity contribution is 7.99. The lowest BCUT2D eigenvalue weighted by molar-refractivity contribution is 0.653. The zero-order chi connectivity index (χ0) is 11.5. The van der Waals surface area contributed by atoms with Gasteiger partial charge in [0.15, 0.2) is 0 Å². The van der Waals surface area contributed by atoms with Crippen molar-refractivity contribution in [2.75, 3.05) is 29.5 Å². The van der Waals surface area contributed by atoms with Crippen LogP contribution in [0.1, 0.15) is 11.1 Å². The van der Waals surface area contributed by atoms with Crippen LogP contribution in [0.15, 0.2) is 18.2 Å². The molecule has 0 radical (unpaired) electrons. The van der Waals surface area contributed by atoms with E-state index in [2.05, 4.69) is 36.9 Å². The Balaban J connectivity index is 2.30. The normalized spacial score (nSPS) is 21.2. The number of rotatable bonds is 2. The minimum Gasteiger partial charge on any atom is -0.365 e. The Kier molecular flexibility index (Phi) is 3.77. The molecule has 1 atom stereocenters. The summed E-state index contributed by atoms with van der Waals surface area (Å²) in [7, 11) is 0. The zero-order valence-electron chi connectivity index (χ0n) is 10.1. The standard InChI is InChI=1S/C13H20N2S/c1-10-4-3-5-13(11(10)2)15-6-7-16-9-12(15)8-14/h3-5,12H,6-9,14H2,1-2H3. The summed E-state index contributed by atoms with van der Waals surface area (Å²) < 4.78 is 0. The van der Waals surface area contributed by atoms with Crippen LogP contribution in [0, 0.1) is 13.8 Å². The summed E-state index contributed by atoms with van der Waals surface area (Å²) in [5.41, 5.74) is 10.00. The van der Waals surface area contributed by atoms with Crippen molar-refractivity contribution < 1.29 is 0 Å². The highest BCUT2D eigenvalue weighted by atomic mass is 32.2. The topological polar surface area (TPSA) is 29.3 Å². The molecule has 0 saturated carbocycles. The molecule has 1 saturated heterocycles. The Labute approximate surface area is 102 Å². The van der Waals surface area contributed by atoms with Gasteiger partial charge in [0.25, 0.3) is 0 Å². The fourth-order valence-electron chi connectivity index (χ4n) is 2.21. The maximum absolute atomic E-state index is 5.86. The molecule has 0 spiro atoms. The van der Waals surface area contributed by atoms with Crippen molar-refractivity contribution in [2.24, 2.45) is 5.73 Å². The van der Waals surface area contributed by atoms with Gasteiger partial charge in [-0.2, -0.15) is 11.8 Å². The molecule has 2 N–H and O–H groups in total. The number of aryl methyl sites for hydroxylation is 1. The minimum absolute atomic E-state index is 0.499. The van der Waals surface area contributed by atoms with Gasteiger partial charge >= 0.3 is 0 Å². The van der Waals surface area contributed by atoms with Crippen LogP contribution >= 0.6 is 11.8 Å². The fraction of sp³-hybridized carbons (Fsp3) is 0.538. The number of thioether (sulfide) groups is 1. The minimum atomic E-state index is 0.499. The van der Waals surface area contributed by atoms with E-state index in [-0.39, 0.29) is 0 Å². The van der Waals surface area contributed by atoms with Crippen molar-refractivity contribution in [3.05, 3.63) is 29.3 Å². The molecule has 0 amide bonds. The van der Waals surface area contributed by atoms with Crippen LogP contribution in [0.5, 0.6) is 0 Å². The molecule has 1 unspecified atom stereocenters. The van der Waals surface area contributed by atoms with Crippen molar-refractivity contribution in [2.45, 2.75) is 19.9 Å². The van der Waals surface area contributed by atoms with Crippen LogP contribution < -0.4 is 10.6 Å². The third kappa shape index (κ3) is 2.20. The molecule has 1 aliphatic heterocycles. The van der Waals surface area contributed by atoms with E-state index in [4.69, 9.17) is 5.73 Å². The first-order chi connectivity index (χ1) is 7.74. The molecule has 1 fully saturated rings. The van der Waals surface area contributed by atoms with E-state index in [1.807, 2.05) is 11.8 Å². The largest absolute Gasteiger partial charge is 0.365 e. The second-order valence-corrected chi connectivity index (χ2v) is 5.53. The van der Waals surface area contributed by atoms with Gasteiger partial charge in [0.1, 0.15) is 0 Å². The molecule has 3 heteroatoms. The lowest BCUT2D eigenvalue weighted by Gasteiger charge is -2.37. The van der Waals surface area contributed by atoms with E-state index >= 15 is 0 Å². The zero-order valence-corrected chi connectivity index (χ0v) is 10.9. The van der Waals surface area contributed by atoms with E-state index in [1.165, 1.54) is 22.6 Å². The molecule has 1 heterocycles. The van der Waals surface area contributed by atoms with E-state index in [0.29, 0.717) is 6.04 Å². The van der Waals surface area contributed by atoms with Gasteiger partial charge in [-0.05, 0) is 31.0 Å². The van der Waals surface area contributed by atoms with Crippen molar-refractivity contribution in [1.82, 2.24) is 0 Å². The molecule has 1 aromatic carbocycles. The molecular formula is C13H20N2S. The summed E-state index contributed by atoms with van der Waals surface area (Å²) in [5, 5.41) is 0. The van der Waals surface area contributed by atoms with Gasteiger partial charge in [0, 0.05) is 30.3 Å². The molecule has 88 valence electrons. The molecule has 2 nitrogen and oxygen atoms in total. The summed E-state index contributed by atoms with van der Waals surface area (Å²) in [6.07, 6.45) is 0. The Bertz CT molecular complexity index is 365. The Morgan fingerprint density at radius 2 is 2.25 bits per heavy atom. The first-order valence-electron chi connectivity index (χ1n) is 5.84. The number of nitrogens with two attached hydrogens (primary N) is 1. The van der Waals surface area contributed by atoms with E-state index in [9.17, 15) is 0 Å². The molecule has 0 bridgehead atoms. The first-order valence-corrected chi connectivity index (χ1v) is 7.00. The van der Waals surface area contributed by atoms with E-state index < -0.39 is 0 Å². The summed E-state index contributed by atoms with van der Waals surface area (Å²) in [6, 6.07) is 7.04. The molecule has 16 heavy (non-hydrogen) atoms. The number of benzene rings is 1. The van der Waals surface area contributed by atoms with Gasteiger partial charge in [-0.15, -0.1) is 0 Å². The number of anilines is 1. The summed E-state index contributed by atoms with van der Waals surface area (Å²) in [5.74, 6) is 2.37. The average Bonchev–Trinajstić information content (AvgIpc) is 2.33. The average molecular weight is 236 g/mol. The van der Waals surface area contributed by atoms with Gasteiger partial charge < -0.3 is 10.6 Å². The Morgan fingerprint density at radius 1 is 1.44 bits per heavy atom. The highest BCUT2D eigenvalue weighted by Crippen LogP contribution is 2.28. The molecule has 1 aliphatic rings. The number of hydrogen-bond donors (Lipinski definition) is 1. The summed E-state index contributed by atoms with van der Waals surface area (Å²) in [6.45, 7) is 6.26. The van der Waals surface area contributed by atoms with Gasteiger partial charge in [-0.25, -0.2) is 0 Å². The second-order valence-electron chi connectivity index (χ2n) is 4.38. The summed E-state index contributed by atoms with van der Waals surface area (Å²) in [4.78, 5) is 2.48. The van der Waals surface area contributed by atoms with Crippen molar-refractivity contribution in [1.29, 1.82) is 0 Å². The number of hydrogen-bond acceptors (Lipinski definition) is 3. The quantitative estimate of drug-likeness (QED) is 0.853. The van der Waals surface area contributed by atoms with Gasteiger partial charge in [0.05, 0.1) is 6.04 Å². The predicted molar refractivity (Wildman–Crippen MR) is 73.4 cm³/mol. The van der Waals surface area contributed by atoms with Crippen LogP contribution in [0.4, 0.5) is 5.69 Å². The van der Waals surface area contributed by atoms with Crippen molar-refractivity contribution >= 4 is 17.4 Å². The van der Waals surface area contributed by atoms with Crippen LogP contribution in [-0.4, -0.2) is 30.6 Å². The lowest BCUT2D eigenvalue weighted by atomic mass is 10.1. The van der Waals surface area contributed by atoms with Crippen molar-refractivity contribution in [3.63, 3.8) is 0 Å². The van der Waals surface area contributed by atoms with Gasteiger partial charge in [-0.1, -0.05) is 12.1 Å². The van der Waals surface area contributed by atoms with Gasteiger partial charge in [-0.3, -0.25) is 0 Å². The highest BCUT2D eigenvalue weighted by Gasteiger charge is 2.22. The smallest absolute Gasteiger partial charge is 0.0503 e. The van der Waals surface area contributed by atoms with E-state index in [0.717, 1.165) is 18.8 Å². The summed E-state index contributed by atoms with van der Waals surface area (Å²) >= 11 is 2.01. The van der Waals surface area contributed by atoms with Crippen LogP contribution in [-0.2, 0) is 0 Å². The van der Waals surface area contributed by atoms with Crippen LogP contribution in [0.2, 0.25) is 0 Å². The Hall–Kier alpha value is -0.670. The molecular weight excluding hydrogens is 216 g/mol. The maximum Gasteiger partial charge on any atom is 0.0503 e. The second kappa shape index (κ2) is 5.11. The van der Waals surface area contributed by atoms with Crippen molar-refractivity contribution in [3.8, 4) is 0 Å².